The number of benzene rings is 1. The molecule has 18 heavy (non-hydrogen) atoms. The van der Waals surface area contributed by atoms with Crippen LogP contribution in [0.1, 0.15) is 10.4 Å². The van der Waals surface area contributed by atoms with Crippen molar-refractivity contribution in [2.24, 2.45) is 0 Å². The summed E-state index contributed by atoms with van der Waals surface area (Å²) in [6.45, 7) is 0. The third-order valence-corrected chi connectivity index (χ3v) is 5.46. The number of hydrogen-bond acceptors (Lipinski definition) is 4. The lowest BCUT2D eigenvalue weighted by molar-refractivity contribution is 0.0697. The average Bonchev–Trinajstić information content (AvgIpc) is 2.92. The SMILES string of the molecule is O=C(O)c1ccc2nc(-c3sccc3Br)sc2c1. The molecule has 0 amide bonds. The molecule has 0 aliphatic carbocycles. The predicted molar refractivity (Wildman–Crippen MR) is 77.6 cm³/mol. The van der Waals surface area contributed by atoms with E-state index in [1.165, 1.54) is 11.3 Å². The lowest BCUT2D eigenvalue weighted by Gasteiger charge is -1.91. The highest BCUT2D eigenvalue weighted by Crippen LogP contribution is 2.38. The second-order valence-corrected chi connectivity index (χ2v) is 6.41. The van der Waals surface area contributed by atoms with Gasteiger partial charge in [-0.3, -0.25) is 0 Å². The summed E-state index contributed by atoms with van der Waals surface area (Å²) in [6.07, 6.45) is 0. The van der Waals surface area contributed by atoms with Crippen molar-refractivity contribution in [3.05, 3.63) is 39.7 Å². The number of fused-ring (bicyclic) bond motifs is 1. The fourth-order valence-electron chi connectivity index (χ4n) is 1.60. The van der Waals surface area contributed by atoms with E-state index >= 15 is 0 Å². The number of nitrogens with zero attached hydrogens (tertiary/aromatic N) is 1. The minimum absolute atomic E-state index is 0.294. The maximum atomic E-state index is 10.9. The highest BCUT2D eigenvalue weighted by molar-refractivity contribution is 9.10. The highest BCUT2D eigenvalue weighted by Gasteiger charge is 2.12. The summed E-state index contributed by atoms with van der Waals surface area (Å²) in [5.74, 6) is -0.913. The zero-order chi connectivity index (χ0) is 12.7. The Balaban J connectivity index is 2.17. The van der Waals surface area contributed by atoms with Gasteiger partial charge in [-0.05, 0) is 45.6 Å². The molecule has 1 aromatic carbocycles. The monoisotopic (exact) mass is 339 g/mol. The molecule has 0 aliphatic heterocycles. The summed E-state index contributed by atoms with van der Waals surface area (Å²) in [4.78, 5) is 16.5. The number of rotatable bonds is 2. The molecule has 1 N–H and O–H groups in total. The van der Waals surface area contributed by atoms with Gasteiger partial charge in [0.2, 0.25) is 0 Å². The second kappa shape index (κ2) is 4.46. The molecule has 90 valence electrons. The summed E-state index contributed by atoms with van der Waals surface area (Å²) in [5, 5.41) is 11.9. The lowest BCUT2D eigenvalue weighted by atomic mass is 10.2. The van der Waals surface area contributed by atoms with Crippen molar-refractivity contribution in [2.75, 3.05) is 0 Å². The summed E-state index contributed by atoms with van der Waals surface area (Å²) in [7, 11) is 0. The van der Waals surface area contributed by atoms with Gasteiger partial charge in [0.05, 0.1) is 20.7 Å². The van der Waals surface area contributed by atoms with Crippen LogP contribution in [0.2, 0.25) is 0 Å². The number of aromatic carboxylic acids is 1. The fraction of sp³-hybridized carbons (Fsp3) is 0. The largest absolute Gasteiger partial charge is 0.478 e. The van der Waals surface area contributed by atoms with Crippen molar-refractivity contribution in [3.63, 3.8) is 0 Å². The van der Waals surface area contributed by atoms with Crippen LogP contribution in [0.5, 0.6) is 0 Å². The van der Waals surface area contributed by atoms with E-state index in [1.807, 2.05) is 11.4 Å². The Morgan fingerprint density at radius 1 is 1.33 bits per heavy atom. The Morgan fingerprint density at radius 3 is 2.83 bits per heavy atom. The molecule has 0 saturated carbocycles. The van der Waals surface area contributed by atoms with Crippen LogP contribution in [-0.2, 0) is 0 Å². The minimum Gasteiger partial charge on any atom is -0.478 e. The first-order valence-electron chi connectivity index (χ1n) is 5.02. The molecule has 0 radical (unpaired) electrons. The Bertz CT molecular complexity index is 747. The van der Waals surface area contributed by atoms with Gasteiger partial charge >= 0.3 is 5.97 Å². The predicted octanol–water partition coefficient (Wildman–Crippen LogP) is 4.49. The molecule has 2 heterocycles. The third-order valence-electron chi connectivity index (χ3n) is 2.45. The summed E-state index contributed by atoms with van der Waals surface area (Å²) >= 11 is 6.60. The van der Waals surface area contributed by atoms with Gasteiger partial charge in [0.15, 0.2) is 0 Å². The zero-order valence-corrected chi connectivity index (χ0v) is 12.1. The lowest BCUT2D eigenvalue weighted by Crippen LogP contribution is -1.94. The van der Waals surface area contributed by atoms with Gasteiger partial charge in [0, 0.05) is 4.47 Å². The first-order chi connectivity index (χ1) is 8.65. The van der Waals surface area contributed by atoms with Gasteiger partial charge in [-0.1, -0.05) is 0 Å². The molecule has 6 heteroatoms. The van der Waals surface area contributed by atoms with E-state index in [9.17, 15) is 4.79 Å². The van der Waals surface area contributed by atoms with Gasteiger partial charge in [-0.25, -0.2) is 9.78 Å². The van der Waals surface area contributed by atoms with Crippen molar-refractivity contribution in [3.8, 4) is 9.88 Å². The molecular weight excluding hydrogens is 334 g/mol. The van der Waals surface area contributed by atoms with E-state index in [0.29, 0.717) is 5.56 Å². The van der Waals surface area contributed by atoms with Crippen molar-refractivity contribution in [2.45, 2.75) is 0 Å². The van der Waals surface area contributed by atoms with E-state index in [0.717, 1.165) is 24.6 Å². The van der Waals surface area contributed by atoms with Gasteiger partial charge < -0.3 is 5.11 Å². The number of thiazole rings is 1. The molecule has 3 nitrogen and oxygen atoms in total. The molecule has 0 spiro atoms. The topological polar surface area (TPSA) is 50.2 Å². The van der Waals surface area contributed by atoms with Gasteiger partial charge in [-0.2, -0.15) is 0 Å². The van der Waals surface area contributed by atoms with Crippen LogP contribution in [0.25, 0.3) is 20.1 Å². The summed E-state index contributed by atoms with van der Waals surface area (Å²) in [5.41, 5.74) is 1.13. The second-order valence-electron chi connectivity index (χ2n) is 3.60. The van der Waals surface area contributed by atoms with E-state index in [4.69, 9.17) is 5.11 Å². The normalized spacial score (nSPS) is 10.9. The highest BCUT2D eigenvalue weighted by atomic mass is 79.9. The molecule has 0 unspecified atom stereocenters. The molecule has 0 atom stereocenters. The molecule has 2 aromatic heterocycles. The van der Waals surface area contributed by atoms with E-state index < -0.39 is 5.97 Å². The zero-order valence-electron chi connectivity index (χ0n) is 8.88. The summed E-state index contributed by atoms with van der Waals surface area (Å²) < 4.78 is 1.91. The molecule has 0 aliphatic rings. The number of thiophene rings is 1. The number of hydrogen-bond donors (Lipinski definition) is 1. The Kier molecular flexibility index (Phi) is 2.93. The smallest absolute Gasteiger partial charge is 0.335 e. The van der Waals surface area contributed by atoms with Gasteiger partial charge in [0.25, 0.3) is 0 Å². The Hall–Kier alpha value is -1.24. The average molecular weight is 340 g/mol. The summed E-state index contributed by atoms with van der Waals surface area (Å²) in [6, 6.07) is 6.98. The quantitative estimate of drug-likeness (QED) is 0.748. The maximum Gasteiger partial charge on any atom is 0.335 e. The molecule has 0 fully saturated rings. The standard InChI is InChI=1S/C12H6BrNO2S2/c13-7-3-4-17-10(7)11-14-8-2-1-6(12(15)16)5-9(8)18-11/h1-5H,(H,15,16). The van der Waals surface area contributed by atoms with E-state index in [1.54, 1.807) is 29.5 Å². The van der Waals surface area contributed by atoms with Crippen LogP contribution in [0, 0.1) is 0 Å². The van der Waals surface area contributed by atoms with Gasteiger partial charge in [-0.15, -0.1) is 22.7 Å². The van der Waals surface area contributed by atoms with Crippen molar-refractivity contribution >= 4 is 54.8 Å². The van der Waals surface area contributed by atoms with Crippen molar-refractivity contribution in [1.82, 2.24) is 4.98 Å². The van der Waals surface area contributed by atoms with Crippen molar-refractivity contribution in [1.29, 1.82) is 0 Å². The third kappa shape index (κ3) is 1.96. The first kappa shape index (κ1) is 11.8. The van der Waals surface area contributed by atoms with Crippen LogP contribution in [0.3, 0.4) is 0 Å². The molecule has 0 bridgehead atoms. The molecule has 3 rings (SSSR count). The molecular formula is C12H6BrNO2S2. The van der Waals surface area contributed by atoms with E-state index in [2.05, 4.69) is 20.9 Å². The van der Waals surface area contributed by atoms with Crippen LogP contribution < -0.4 is 0 Å². The number of carbonyl (C=O) groups is 1. The van der Waals surface area contributed by atoms with Crippen molar-refractivity contribution < 1.29 is 9.90 Å². The van der Waals surface area contributed by atoms with Gasteiger partial charge in [0.1, 0.15) is 5.01 Å². The fourth-order valence-corrected chi connectivity index (χ4v) is 4.40. The Morgan fingerprint density at radius 2 is 2.17 bits per heavy atom. The van der Waals surface area contributed by atoms with E-state index in [-0.39, 0.29) is 0 Å². The Labute approximate surface area is 119 Å². The molecule has 3 aromatic rings. The maximum absolute atomic E-state index is 10.9. The minimum atomic E-state index is -0.913. The number of aromatic nitrogens is 1. The van der Waals surface area contributed by atoms with Crippen LogP contribution >= 0.6 is 38.6 Å². The van der Waals surface area contributed by atoms with Crippen LogP contribution in [0.4, 0.5) is 0 Å². The molecule has 0 saturated heterocycles. The number of carboxylic acids is 1. The first-order valence-corrected chi connectivity index (χ1v) is 7.51. The van der Waals surface area contributed by atoms with Crippen LogP contribution in [-0.4, -0.2) is 16.1 Å². The number of carboxylic acid groups (broad SMARTS) is 1. The number of halogens is 1. The van der Waals surface area contributed by atoms with Crippen LogP contribution in [0.15, 0.2) is 34.1 Å².